The van der Waals surface area contributed by atoms with Crippen LogP contribution in [0.3, 0.4) is 0 Å². The van der Waals surface area contributed by atoms with Crippen molar-refractivity contribution in [1.29, 1.82) is 0 Å². The number of amides is 1. The van der Waals surface area contributed by atoms with Crippen molar-refractivity contribution in [3.8, 4) is 5.75 Å². The zero-order valence-corrected chi connectivity index (χ0v) is 14.0. The quantitative estimate of drug-likeness (QED) is 0.755. The summed E-state index contributed by atoms with van der Waals surface area (Å²) in [7, 11) is 0. The number of carbonyl (C=O) groups is 1. The van der Waals surface area contributed by atoms with Crippen molar-refractivity contribution in [1.82, 2.24) is 5.32 Å². The third-order valence-corrected chi connectivity index (χ3v) is 3.36. The Labute approximate surface area is 145 Å². The average Bonchev–Trinajstić information content (AvgIpc) is 2.48. The summed E-state index contributed by atoms with van der Waals surface area (Å²) in [6.07, 6.45) is 0. The third kappa shape index (κ3) is 5.26. The first-order chi connectivity index (χ1) is 11.0. The number of thiocarbonyl (C=S) groups is 1. The number of hydrogen-bond donors (Lipinski definition) is 2. The van der Waals surface area contributed by atoms with Crippen LogP contribution in [0.2, 0.25) is 0 Å². The lowest BCUT2D eigenvalue weighted by Gasteiger charge is -2.13. The minimum absolute atomic E-state index is 0.0275. The Balaban J connectivity index is 2.04. The molecule has 0 aliphatic carbocycles. The highest BCUT2D eigenvalue weighted by Gasteiger charge is 2.12. The van der Waals surface area contributed by atoms with Crippen LogP contribution in [0.5, 0.6) is 5.75 Å². The van der Waals surface area contributed by atoms with Crippen LogP contribution in [0.1, 0.15) is 10.4 Å². The molecule has 1 amide bonds. The molecule has 0 fully saturated rings. The summed E-state index contributed by atoms with van der Waals surface area (Å²) in [4.78, 5) is 12.0. The van der Waals surface area contributed by atoms with E-state index in [1.165, 1.54) is 12.1 Å². The average molecular weight is 401 g/mol. The molecule has 0 saturated heterocycles. The minimum Gasteiger partial charge on any atom is -0.433 e. The fourth-order valence-electron chi connectivity index (χ4n) is 1.73. The van der Waals surface area contributed by atoms with E-state index >= 15 is 0 Å². The summed E-state index contributed by atoms with van der Waals surface area (Å²) in [5.74, 6) is -0.488. The van der Waals surface area contributed by atoms with Crippen molar-refractivity contribution >= 4 is 44.9 Å². The topological polar surface area (TPSA) is 50.4 Å². The van der Waals surface area contributed by atoms with Crippen molar-refractivity contribution < 1.29 is 18.3 Å². The van der Waals surface area contributed by atoms with E-state index in [-0.39, 0.29) is 16.5 Å². The molecule has 2 N–H and O–H groups in total. The zero-order valence-electron chi connectivity index (χ0n) is 11.6. The largest absolute Gasteiger partial charge is 0.433 e. The van der Waals surface area contributed by atoms with Gasteiger partial charge in [0.2, 0.25) is 0 Å². The lowest BCUT2D eigenvalue weighted by molar-refractivity contribution is -0.0493. The highest BCUT2D eigenvalue weighted by molar-refractivity contribution is 9.10. The molecule has 2 aromatic rings. The lowest BCUT2D eigenvalue weighted by atomic mass is 10.2. The highest BCUT2D eigenvalue weighted by Crippen LogP contribution is 2.25. The van der Waals surface area contributed by atoms with E-state index in [4.69, 9.17) is 12.2 Å². The van der Waals surface area contributed by atoms with Gasteiger partial charge in [0.25, 0.3) is 5.91 Å². The fourth-order valence-corrected chi connectivity index (χ4v) is 2.33. The van der Waals surface area contributed by atoms with Gasteiger partial charge in [0.15, 0.2) is 5.11 Å². The van der Waals surface area contributed by atoms with Gasteiger partial charge >= 0.3 is 6.61 Å². The Morgan fingerprint density at radius 2 is 1.91 bits per heavy atom. The minimum atomic E-state index is -2.96. The Bertz CT molecular complexity index is 728. The molecular weight excluding hydrogens is 390 g/mol. The van der Waals surface area contributed by atoms with Crippen molar-refractivity contribution in [3.05, 3.63) is 58.6 Å². The predicted molar refractivity (Wildman–Crippen MR) is 90.9 cm³/mol. The van der Waals surface area contributed by atoms with Crippen molar-refractivity contribution in [3.63, 3.8) is 0 Å². The molecule has 0 aromatic heterocycles. The molecule has 2 rings (SSSR count). The summed E-state index contributed by atoms with van der Waals surface area (Å²) in [5, 5.41) is 5.10. The Morgan fingerprint density at radius 1 is 1.17 bits per heavy atom. The van der Waals surface area contributed by atoms with Gasteiger partial charge in [-0.1, -0.05) is 34.1 Å². The molecule has 0 spiro atoms. The summed E-state index contributed by atoms with van der Waals surface area (Å²) in [6.45, 7) is -2.96. The normalized spacial score (nSPS) is 10.3. The molecule has 0 heterocycles. The van der Waals surface area contributed by atoms with Crippen LogP contribution in [-0.4, -0.2) is 17.6 Å². The van der Waals surface area contributed by atoms with Crippen LogP contribution < -0.4 is 15.4 Å². The van der Waals surface area contributed by atoms with E-state index in [1.807, 2.05) is 0 Å². The first-order valence-electron chi connectivity index (χ1n) is 6.37. The van der Waals surface area contributed by atoms with E-state index in [1.54, 1.807) is 36.4 Å². The molecule has 120 valence electrons. The maximum absolute atomic E-state index is 12.4. The van der Waals surface area contributed by atoms with E-state index < -0.39 is 12.5 Å². The molecule has 8 heteroatoms. The van der Waals surface area contributed by atoms with Gasteiger partial charge in [-0.05, 0) is 42.5 Å². The van der Waals surface area contributed by atoms with Gasteiger partial charge in [-0.3, -0.25) is 10.1 Å². The van der Waals surface area contributed by atoms with Crippen molar-refractivity contribution in [2.24, 2.45) is 0 Å². The van der Waals surface area contributed by atoms with Gasteiger partial charge in [0.1, 0.15) is 5.75 Å². The van der Waals surface area contributed by atoms with E-state index in [9.17, 15) is 13.6 Å². The maximum atomic E-state index is 12.4. The molecule has 4 nitrogen and oxygen atoms in total. The molecule has 0 aliphatic heterocycles. The van der Waals surface area contributed by atoms with E-state index in [2.05, 4.69) is 31.3 Å². The van der Waals surface area contributed by atoms with Gasteiger partial charge in [0.05, 0.1) is 5.69 Å². The van der Waals surface area contributed by atoms with Crippen LogP contribution in [0.4, 0.5) is 14.5 Å². The second-order valence-electron chi connectivity index (χ2n) is 4.29. The van der Waals surface area contributed by atoms with Crippen molar-refractivity contribution in [2.75, 3.05) is 5.32 Å². The van der Waals surface area contributed by atoms with Crippen LogP contribution in [0.15, 0.2) is 53.0 Å². The number of para-hydroxylation sites is 2. The molecule has 0 saturated carbocycles. The Morgan fingerprint density at radius 3 is 2.61 bits per heavy atom. The summed E-state index contributed by atoms with van der Waals surface area (Å²) < 4.78 is 29.8. The number of halogens is 3. The van der Waals surface area contributed by atoms with E-state index in [0.717, 1.165) is 4.47 Å². The SMILES string of the molecule is O=C(NC(=S)Nc1ccccc1OC(F)F)c1cccc(Br)c1. The number of alkyl halides is 2. The molecule has 23 heavy (non-hydrogen) atoms. The molecular formula is C15H11BrF2N2O2S. The number of benzene rings is 2. The summed E-state index contributed by atoms with van der Waals surface area (Å²) in [6, 6.07) is 12.8. The molecule has 2 aromatic carbocycles. The summed E-state index contributed by atoms with van der Waals surface area (Å²) in [5.41, 5.74) is 0.632. The lowest BCUT2D eigenvalue weighted by Crippen LogP contribution is -2.34. The van der Waals surface area contributed by atoms with Crippen LogP contribution in [0, 0.1) is 0 Å². The van der Waals surface area contributed by atoms with Gasteiger partial charge in [-0.25, -0.2) is 0 Å². The Kier molecular flexibility index (Phi) is 6.00. The van der Waals surface area contributed by atoms with Gasteiger partial charge in [-0.2, -0.15) is 8.78 Å². The zero-order chi connectivity index (χ0) is 16.8. The smallest absolute Gasteiger partial charge is 0.387 e. The molecule has 0 aliphatic rings. The fraction of sp³-hybridized carbons (Fsp3) is 0.0667. The highest BCUT2D eigenvalue weighted by atomic mass is 79.9. The first kappa shape index (κ1) is 17.3. The monoisotopic (exact) mass is 400 g/mol. The van der Waals surface area contributed by atoms with Gasteiger partial charge in [-0.15, -0.1) is 0 Å². The van der Waals surface area contributed by atoms with Crippen LogP contribution >= 0.6 is 28.1 Å². The van der Waals surface area contributed by atoms with Crippen LogP contribution in [-0.2, 0) is 0 Å². The number of rotatable bonds is 4. The molecule has 0 bridgehead atoms. The maximum Gasteiger partial charge on any atom is 0.387 e. The number of carbonyl (C=O) groups excluding carboxylic acids is 1. The summed E-state index contributed by atoms with van der Waals surface area (Å²) >= 11 is 8.29. The number of anilines is 1. The molecule has 0 atom stereocenters. The van der Waals surface area contributed by atoms with Crippen LogP contribution in [0.25, 0.3) is 0 Å². The molecule has 0 unspecified atom stereocenters. The first-order valence-corrected chi connectivity index (χ1v) is 7.57. The standard InChI is InChI=1S/C15H11BrF2N2O2S/c16-10-5-3-4-9(8-10)13(21)20-15(23)19-11-6-1-2-7-12(11)22-14(17)18/h1-8,14H,(H2,19,20,21,23). The van der Waals surface area contributed by atoms with Gasteiger partial charge < -0.3 is 10.1 Å². The van der Waals surface area contributed by atoms with Gasteiger partial charge in [0, 0.05) is 10.0 Å². The third-order valence-electron chi connectivity index (χ3n) is 2.67. The Hall–Kier alpha value is -2.06. The molecule has 0 radical (unpaired) electrons. The predicted octanol–water partition coefficient (Wildman–Crippen LogP) is 4.18. The van der Waals surface area contributed by atoms with E-state index in [0.29, 0.717) is 5.56 Å². The number of ether oxygens (including phenoxy) is 1. The van der Waals surface area contributed by atoms with Crippen molar-refractivity contribution in [2.45, 2.75) is 6.61 Å². The second kappa shape index (κ2) is 7.98. The second-order valence-corrected chi connectivity index (χ2v) is 5.62. The number of nitrogens with one attached hydrogen (secondary N) is 2. The number of hydrogen-bond acceptors (Lipinski definition) is 3.